The van der Waals surface area contributed by atoms with E-state index in [9.17, 15) is 13.2 Å². The van der Waals surface area contributed by atoms with Crippen molar-refractivity contribution in [2.24, 2.45) is 0 Å². The number of carboxylic acid groups (broad SMARTS) is 1. The number of benzene rings is 2. The first-order chi connectivity index (χ1) is 14.3. The number of carbonyl (C=O) groups is 1. The lowest BCUT2D eigenvalue weighted by molar-refractivity contribution is 0.0697. The first-order valence-electron chi connectivity index (χ1n) is 8.60. The van der Waals surface area contributed by atoms with Crippen molar-refractivity contribution in [3.63, 3.8) is 0 Å². The molecule has 0 aliphatic heterocycles. The van der Waals surface area contributed by atoms with Crippen molar-refractivity contribution in [2.75, 3.05) is 7.11 Å². The summed E-state index contributed by atoms with van der Waals surface area (Å²) in [6, 6.07) is 9.57. The van der Waals surface area contributed by atoms with Crippen molar-refractivity contribution in [2.45, 2.75) is 10.6 Å². The Balaban J connectivity index is 1.69. The van der Waals surface area contributed by atoms with Crippen LogP contribution in [0.3, 0.4) is 0 Å². The number of ether oxygens (including phenoxy) is 1. The molecule has 30 heavy (non-hydrogen) atoms. The predicted octanol–water partition coefficient (Wildman–Crippen LogP) is 3.08. The minimum atomic E-state index is -3.74. The molecule has 2 heterocycles. The molecular weight excluding hydrogens is 432 g/mol. The van der Waals surface area contributed by atoms with Gasteiger partial charge < -0.3 is 14.8 Å². The van der Waals surface area contributed by atoms with Crippen molar-refractivity contribution >= 4 is 38.4 Å². The summed E-state index contributed by atoms with van der Waals surface area (Å²) in [7, 11) is -2.21. The van der Waals surface area contributed by atoms with E-state index >= 15 is 0 Å². The van der Waals surface area contributed by atoms with E-state index in [1.54, 1.807) is 24.3 Å². The highest BCUT2D eigenvalue weighted by Crippen LogP contribution is 2.29. The quantitative estimate of drug-likeness (QED) is 0.465. The van der Waals surface area contributed by atoms with E-state index in [-0.39, 0.29) is 27.2 Å². The summed E-state index contributed by atoms with van der Waals surface area (Å²) in [5, 5.41) is 13.0. The van der Waals surface area contributed by atoms with Crippen molar-refractivity contribution in [3.05, 3.63) is 64.9 Å². The number of H-pyrrole nitrogens is 1. The Morgan fingerprint density at radius 2 is 2.00 bits per heavy atom. The number of imidazole rings is 1. The Hall–Kier alpha value is -3.37. The van der Waals surface area contributed by atoms with Crippen LogP contribution in [0.4, 0.5) is 0 Å². The number of fused-ring (bicyclic) bond motifs is 1. The molecule has 0 bridgehead atoms. The largest absolute Gasteiger partial charge is 0.497 e. The lowest BCUT2D eigenvalue weighted by atomic mass is 10.2. The van der Waals surface area contributed by atoms with Gasteiger partial charge in [0.1, 0.15) is 5.75 Å². The van der Waals surface area contributed by atoms with Crippen molar-refractivity contribution in [3.8, 4) is 11.7 Å². The molecule has 0 fully saturated rings. The van der Waals surface area contributed by atoms with Crippen molar-refractivity contribution in [1.82, 2.24) is 19.7 Å². The highest BCUT2D eigenvalue weighted by Gasteiger charge is 2.21. The molecule has 11 heteroatoms. The number of methoxy groups -OCH3 is 1. The zero-order valence-corrected chi connectivity index (χ0v) is 17.1. The number of nitrogens with one attached hydrogen (secondary N) is 1. The van der Waals surface area contributed by atoms with Gasteiger partial charge in [0.15, 0.2) is 9.84 Å². The molecule has 2 aromatic heterocycles. The van der Waals surface area contributed by atoms with Crippen LogP contribution in [-0.4, -0.2) is 46.4 Å². The van der Waals surface area contributed by atoms with Crippen LogP contribution in [0.5, 0.6) is 5.75 Å². The Morgan fingerprint density at radius 3 is 2.63 bits per heavy atom. The van der Waals surface area contributed by atoms with Crippen molar-refractivity contribution in [1.29, 1.82) is 0 Å². The standard InChI is InChI=1S/C19H15ClN4O5S/c1-29-13-4-2-11(3-5-13)10-30(27,28)17-7-16-15(6-14(17)20)22-19(23-16)24-9-12(8-21-24)18(25)26/h2-9H,10H2,1H3,(H,22,23)(H,25,26). The summed E-state index contributed by atoms with van der Waals surface area (Å²) in [5.41, 5.74) is 1.43. The third-order valence-corrected chi connectivity index (χ3v) is 6.57. The van der Waals surface area contributed by atoms with Gasteiger partial charge in [-0.2, -0.15) is 5.10 Å². The third kappa shape index (κ3) is 3.74. The van der Waals surface area contributed by atoms with Crippen LogP contribution in [0.15, 0.2) is 53.7 Å². The van der Waals surface area contributed by atoms with Gasteiger partial charge in [-0.15, -0.1) is 0 Å². The van der Waals surface area contributed by atoms with Crippen LogP contribution in [0.1, 0.15) is 15.9 Å². The SMILES string of the molecule is COc1ccc(CS(=O)(=O)c2cc3nc(-n4cc(C(=O)O)cn4)[nH]c3cc2Cl)cc1. The molecule has 2 N–H and O–H groups in total. The van der Waals surface area contributed by atoms with Gasteiger partial charge in [-0.1, -0.05) is 23.7 Å². The number of hydrogen-bond donors (Lipinski definition) is 2. The molecule has 0 aliphatic rings. The number of aromatic carboxylic acids is 1. The lowest BCUT2D eigenvalue weighted by Gasteiger charge is -2.07. The molecule has 2 aromatic carbocycles. The van der Waals surface area contributed by atoms with Crippen LogP contribution in [0.2, 0.25) is 5.02 Å². The molecule has 0 amide bonds. The number of nitrogens with zero attached hydrogens (tertiary/aromatic N) is 3. The smallest absolute Gasteiger partial charge is 0.338 e. The van der Waals surface area contributed by atoms with Gasteiger partial charge in [0.05, 0.1) is 45.6 Å². The first-order valence-corrected chi connectivity index (χ1v) is 10.6. The van der Waals surface area contributed by atoms with E-state index in [4.69, 9.17) is 21.4 Å². The van der Waals surface area contributed by atoms with Gasteiger partial charge in [0, 0.05) is 6.20 Å². The summed E-state index contributed by atoms with van der Waals surface area (Å²) in [6.45, 7) is 0. The number of hydrogen-bond acceptors (Lipinski definition) is 6. The summed E-state index contributed by atoms with van der Waals surface area (Å²) in [5.74, 6) is -0.490. The molecule has 0 saturated heterocycles. The van der Waals surface area contributed by atoms with E-state index in [1.165, 1.54) is 36.3 Å². The van der Waals surface area contributed by atoms with E-state index < -0.39 is 15.8 Å². The zero-order valence-electron chi connectivity index (χ0n) is 15.5. The van der Waals surface area contributed by atoms with Gasteiger partial charge in [0.25, 0.3) is 0 Å². The van der Waals surface area contributed by atoms with Crippen LogP contribution in [0, 0.1) is 0 Å². The predicted molar refractivity (Wildman–Crippen MR) is 109 cm³/mol. The fourth-order valence-corrected chi connectivity index (χ4v) is 4.86. The zero-order chi connectivity index (χ0) is 21.5. The van der Waals surface area contributed by atoms with Gasteiger partial charge >= 0.3 is 5.97 Å². The lowest BCUT2D eigenvalue weighted by Crippen LogP contribution is -2.06. The van der Waals surface area contributed by atoms with E-state index in [0.717, 1.165) is 0 Å². The van der Waals surface area contributed by atoms with Crippen molar-refractivity contribution < 1.29 is 23.1 Å². The van der Waals surface area contributed by atoms with E-state index in [1.807, 2.05) is 0 Å². The second kappa shape index (κ2) is 7.47. The maximum atomic E-state index is 12.9. The maximum Gasteiger partial charge on any atom is 0.338 e. The fraction of sp³-hybridized carbons (Fsp3) is 0.105. The molecule has 0 saturated carbocycles. The highest BCUT2D eigenvalue weighted by molar-refractivity contribution is 7.90. The van der Waals surface area contributed by atoms with E-state index in [0.29, 0.717) is 22.3 Å². The number of rotatable bonds is 6. The van der Waals surface area contributed by atoms with Crippen LogP contribution >= 0.6 is 11.6 Å². The molecule has 0 atom stereocenters. The Labute approximate surface area is 175 Å². The van der Waals surface area contributed by atoms with Gasteiger partial charge in [-0.05, 0) is 29.8 Å². The summed E-state index contributed by atoms with van der Waals surface area (Å²) < 4.78 is 32.2. The van der Waals surface area contributed by atoms with Gasteiger partial charge in [-0.3, -0.25) is 0 Å². The minimum absolute atomic E-state index is 0.00348. The molecular formula is C19H15ClN4O5S. The molecule has 0 spiro atoms. The Morgan fingerprint density at radius 1 is 1.27 bits per heavy atom. The average Bonchev–Trinajstić information content (AvgIpc) is 3.34. The summed E-state index contributed by atoms with van der Waals surface area (Å²) in [4.78, 5) is 18.2. The molecule has 4 rings (SSSR count). The summed E-state index contributed by atoms with van der Waals surface area (Å²) >= 11 is 6.26. The number of carboxylic acids is 1. The number of aromatic nitrogens is 4. The van der Waals surface area contributed by atoms with Crippen LogP contribution < -0.4 is 4.74 Å². The second-order valence-electron chi connectivity index (χ2n) is 6.45. The molecule has 0 aliphatic carbocycles. The van der Waals surface area contributed by atoms with E-state index in [2.05, 4.69) is 15.1 Å². The maximum absolute atomic E-state index is 12.9. The number of sulfone groups is 1. The first kappa shape index (κ1) is 19.9. The Kier molecular flexibility index (Phi) is 4.96. The molecule has 0 unspecified atom stereocenters. The molecule has 4 aromatic rings. The Bertz CT molecular complexity index is 1360. The number of aromatic amines is 1. The topological polar surface area (TPSA) is 127 Å². The highest BCUT2D eigenvalue weighted by atomic mass is 35.5. The molecule has 9 nitrogen and oxygen atoms in total. The molecule has 154 valence electrons. The normalized spacial score (nSPS) is 11.7. The van der Waals surface area contributed by atoms with Crippen LogP contribution in [-0.2, 0) is 15.6 Å². The second-order valence-corrected chi connectivity index (χ2v) is 8.81. The van der Waals surface area contributed by atoms with Gasteiger partial charge in [0.2, 0.25) is 5.95 Å². The fourth-order valence-electron chi connectivity index (χ4n) is 2.91. The van der Waals surface area contributed by atoms with Gasteiger partial charge in [-0.25, -0.2) is 22.9 Å². The average molecular weight is 447 g/mol. The summed E-state index contributed by atoms with van der Waals surface area (Å²) in [6.07, 6.45) is 2.48. The number of halogens is 1. The monoisotopic (exact) mass is 446 g/mol. The van der Waals surface area contributed by atoms with Crippen LogP contribution in [0.25, 0.3) is 17.0 Å². The minimum Gasteiger partial charge on any atom is -0.497 e. The molecule has 0 radical (unpaired) electrons. The third-order valence-electron chi connectivity index (χ3n) is 4.42.